The van der Waals surface area contributed by atoms with Crippen molar-refractivity contribution in [1.82, 2.24) is 0 Å². The molecule has 274 valence electrons. The van der Waals surface area contributed by atoms with E-state index in [-0.39, 0.29) is 10.8 Å². The molecule has 1 heteroatoms. The number of anilines is 2. The molecule has 0 radical (unpaired) electrons. The van der Waals surface area contributed by atoms with Crippen molar-refractivity contribution in [2.45, 2.75) is 50.9 Å². The van der Waals surface area contributed by atoms with E-state index in [0.717, 1.165) is 22.6 Å². The molecule has 3 aliphatic carbocycles. The normalized spacial score (nSPS) is 16.1. The topological polar surface area (TPSA) is 3.24 Å². The number of hydrogen-bond donors (Lipinski definition) is 0. The lowest BCUT2D eigenvalue weighted by Gasteiger charge is -2.46. The van der Waals surface area contributed by atoms with Crippen molar-refractivity contribution in [2.75, 3.05) is 4.90 Å². The predicted octanol–water partition coefficient (Wildman–Crippen LogP) is 13.8. The third-order valence-corrected chi connectivity index (χ3v) is 13.2. The van der Waals surface area contributed by atoms with Gasteiger partial charge in [-0.3, -0.25) is 0 Å². The van der Waals surface area contributed by atoms with Gasteiger partial charge in [-0.2, -0.15) is 0 Å². The van der Waals surface area contributed by atoms with Gasteiger partial charge in [-0.1, -0.05) is 185 Å². The molecule has 1 nitrogen and oxygen atoms in total. The van der Waals surface area contributed by atoms with Crippen molar-refractivity contribution in [3.8, 4) is 34.6 Å². The first kappa shape index (κ1) is 34.8. The molecule has 0 aromatic heterocycles. The second-order valence-electron chi connectivity index (χ2n) is 16.9. The number of terminal acetylenes is 1. The quantitative estimate of drug-likeness (QED) is 0.126. The molecule has 0 amide bonds. The van der Waals surface area contributed by atoms with Crippen molar-refractivity contribution in [3.63, 3.8) is 0 Å². The maximum Gasteiger partial charge on any atom is 0.0967 e. The van der Waals surface area contributed by atoms with Crippen molar-refractivity contribution < 1.29 is 0 Å². The highest BCUT2D eigenvalue weighted by Gasteiger charge is 2.54. The third kappa shape index (κ3) is 4.84. The summed E-state index contributed by atoms with van der Waals surface area (Å²) in [5.41, 5.74) is 20.0. The molecule has 57 heavy (non-hydrogen) atoms. The van der Waals surface area contributed by atoms with Gasteiger partial charge in [-0.25, -0.2) is 0 Å². The Hall–Kier alpha value is -6.62. The van der Waals surface area contributed by atoms with E-state index < -0.39 is 5.41 Å². The molecular weight excluding hydrogens is 687 g/mol. The summed E-state index contributed by atoms with van der Waals surface area (Å²) in [6, 6.07) is 60.5. The molecule has 3 aliphatic rings. The van der Waals surface area contributed by atoms with Gasteiger partial charge < -0.3 is 4.90 Å². The Bertz CT molecular complexity index is 2820. The second kappa shape index (κ2) is 12.7. The summed E-state index contributed by atoms with van der Waals surface area (Å²) in [4.78, 5) is 2.34. The van der Waals surface area contributed by atoms with Crippen LogP contribution in [0.3, 0.4) is 0 Å². The zero-order valence-electron chi connectivity index (χ0n) is 33.3. The fourth-order valence-electron chi connectivity index (χ4n) is 10.5. The third-order valence-electron chi connectivity index (χ3n) is 13.2. The van der Waals surface area contributed by atoms with Gasteiger partial charge in [0.1, 0.15) is 0 Å². The van der Waals surface area contributed by atoms with Gasteiger partial charge >= 0.3 is 0 Å². The van der Waals surface area contributed by atoms with E-state index in [0.29, 0.717) is 0 Å². The molecule has 0 saturated heterocycles. The Morgan fingerprint density at radius 3 is 1.68 bits per heavy atom. The molecular formula is C56H45N. The van der Waals surface area contributed by atoms with E-state index in [4.69, 9.17) is 6.42 Å². The van der Waals surface area contributed by atoms with Crippen LogP contribution in [0.4, 0.5) is 11.4 Å². The molecule has 0 fully saturated rings. The smallest absolute Gasteiger partial charge is 0.0967 e. The largest absolute Gasteiger partial charge is 0.303 e. The fraction of sp³-hybridized carbons (Fsp3) is 0.143. The Labute approximate surface area is 337 Å². The van der Waals surface area contributed by atoms with Crippen LogP contribution in [0.15, 0.2) is 182 Å². The van der Waals surface area contributed by atoms with E-state index in [1.807, 2.05) is 0 Å². The van der Waals surface area contributed by atoms with Gasteiger partial charge in [-0.05, 0) is 104 Å². The Kier molecular flexibility index (Phi) is 7.77. The number of fused-ring (bicyclic) bond motifs is 12. The monoisotopic (exact) mass is 731 g/mol. The van der Waals surface area contributed by atoms with Crippen molar-refractivity contribution in [2.24, 2.45) is 0 Å². The summed E-state index contributed by atoms with van der Waals surface area (Å²) in [7, 11) is 0. The SMILES string of the molecule is C#C/C(=C\C=C(/C)c1ccccc1)N(c1ccc2c(c1)C(C)(C)c1ccccc1-2)c1cccc2c1-c1ccccc1C21c2ccccc2C(C)(C)c2ccccc21. The van der Waals surface area contributed by atoms with Crippen molar-refractivity contribution in [3.05, 3.63) is 232 Å². The van der Waals surface area contributed by atoms with E-state index in [9.17, 15) is 0 Å². The van der Waals surface area contributed by atoms with Gasteiger partial charge in [0.15, 0.2) is 0 Å². The first-order valence-corrected chi connectivity index (χ1v) is 20.1. The van der Waals surface area contributed by atoms with Crippen LogP contribution in [0.25, 0.3) is 27.8 Å². The maximum absolute atomic E-state index is 6.65. The van der Waals surface area contributed by atoms with Crippen LogP contribution in [-0.2, 0) is 16.2 Å². The number of nitrogens with zero attached hydrogens (tertiary/aromatic N) is 1. The van der Waals surface area contributed by atoms with Crippen LogP contribution in [-0.4, -0.2) is 0 Å². The number of allylic oxidation sites excluding steroid dienone is 4. The van der Waals surface area contributed by atoms with Crippen LogP contribution in [0.5, 0.6) is 0 Å². The van der Waals surface area contributed by atoms with Crippen molar-refractivity contribution in [1.29, 1.82) is 0 Å². The lowest BCUT2D eigenvalue weighted by atomic mass is 9.55. The average molecular weight is 732 g/mol. The molecule has 10 rings (SSSR count). The maximum atomic E-state index is 6.65. The van der Waals surface area contributed by atoms with Gasteiger partial charge in [0, 0.05) is 22.1 Å². The minimum atomic E-state index is -0.512. The summed E-state index contributed by atoms with van der Waals surface area (Å²) in [5.74, 6) is 3.18. The molecule has 0 N–H and O–H groups in total. The van der Waals surface area contributed by atoms with E-state index in [1.165, 1.54) is 72.3 Å². The van der Waals surface area contributed by atoms with Gasteiger partial charge in [-0.15, -0.1) is 6.42 Å². The highest BCUT2D eigenvalue weighted by Crippen LogP contribution is 2.64. The molecule has 7 aromatic carbocycles. The lowest BCUT2D eigenvalue weighted by molar-refractivity contribution is 0.563. The molecule has 1 spiro atoms. The van der Waals surface area contributed by atoms with Gasteiger partial charge in [0.25, 0.3) is 0 Å². The molecule has 7 aromatic rings. The minimum Gasteiger partial charge on any atom is -0.303 e. The van der Waals surface area contributed by atoms with E-state index in [1.54, 1.807) is 0 Å². The van der Waals surface area contributed by atoms with Crippen LogP contribution in [0.2, 0.25) is 0 Å². The molecule has 0 bridgehead atoms. The molecule has 0 heterocycles. The predicted molar refractivity (Wildman–Crippen MR) is 239 cm³/mol. The minimum absolute atomic E-state index is 0.170. The number of rotatable bonds is 5. The lowest BCUT2D eigenvalue weighted by Crippen LogP contribution is -2.40. The zero-order chi connectivity index (χ0) is 39.1. The van der Waals surface area contributed by atoms with Crippen LogP contribution in [0.1, 0.15) is 84.7 Å². The fourth-order valence-corrected chi connectivity index (χ4v) is 10.5. The summed E-state index contributed by atoms with van der Waals surface area (Å²) in [6.07, 6.45) is 10.9. The second-order valence-corrected chi connectivity index (χ2v) is 16.9. The Morgan fingerprint density at radius 1 is 0.491 bits per heavy atom. The molecule has 0 saturated carbocycles. The zero-order valence-corrected chi connectivity index (χ0v) is 33.3. The van der Waals surface area contributed by atoms with Gasteiger partial charge in [0.2, 0.25) is 0 Å². The standard InChI is InChI=1S/C56H45N/c1-7-39(33-32-37(2)38-20-9-8-10-21-38)57(40-34-35-42-41-22-11-13-24-44(41)54(3,4)51(42)36-40)52-31-19-30-50-53(52)43-23-12-14-25-45(43)56(50)48-28-17-15-26-46(48)55(5,6)47-27-16-18-29-49(47)56/h1,8-36H,2-6H3/b37-32+,39-33+. The average Bonchev–Trinajstić information content (AvgIpc) is 3.68. The highest BCUT2D eigenvalue weighted by atomic mass is 15.1. The first-order valence-electron chi connectivity index (χ1n) is 20.1. The molecule has 0 atom stereocenters. The molecule has 0 aliphatic heterocycles. The van der Waals surface area contributed by atoms with Crippen LogP contribution in [0, 0.1) is 12.3 Å². The van der Waals surface area contributed by atoms with Crippen molar-refractivity contribution >= 4 is 16.9 Å². The van der Waals surface area contributed by atoms with E-state index >= 15 is 0 Å². The number of benzene rings is 7. The van der Waals surface area contributed by atoms with Gasteiger partial charge in [0.05, 0.1) is 16.8 Å². The summed E-state index contributed by atoms with van der Waals surface area (Å²) in [5, 5.41) is 0. The number of hydrogen-bond acceptors (Lipinski definition) is 1. The van der Waals surface area contributed by atoms with Crippen LogP contribution < -0.4 is 4.90 Å². The molecule has 0 unspecified atom stereocenters. The summed E-state index contributed by atoms with van der Waals surface area (Å²) < 4.78 is 0. The van der Waals surface area contributed by atoms with Crippen LogP contribution >= 0.6 is 0 Å². The Morgan fingerprint density at radius 2 is 1.02 bits per heavy atom. The summed E-state index contributed by atoms with van der Waals surface area (Å²) >= 11 is 0. The van der Waals surface area contributed by atoms with E-state index in [2.05, 4.69) is 221 Å². The first-order chi connectivity index (χ1) is 27.7. The highest BCUT2D eigenvalue weighted by molar-refractivity contribution is 5.98. The summed E-state index contributed by atoms with van der Waals surface area (Å²) in [6.45, 7) is 11.6. The Balaban J connectivity index is 1.27.